The highest BCUT2D eigenvalue weighted by molar-refractivity contribution is 6.07. The number of hydrogen-bond donors (Lipinski definition) is 1. The van der Waals surface area contributed by atoms with Crippen molar-refractivity contribution in [2.75, 3.05) is 12.4 Å². The molecule has 0 saturated heterocycles. The van der Waals surface area contributed by atoms with Crippen LogP contribution in [0, 0.1) is 0 Å². The summed E-state index contributed by atoms with van der Waals surface area (Å²) in [6.07, 6.45) is 0. The van der Waals surface area contributed by atoms with Gasteiger partial charge in [-0.25, -0.2) is 0 Å². The molecule has 30 heavy (non-hydrogen) atoms. The van der Waals surface area contributed by atoms with E-state index in [-0.39, 0.29) is 11.3 Å². The van der Waals surface area contributed by atoms with Gasteiger partial charge in [0, 0.05) is 22.9 Å². The second-order valence-electron chi connectivity index (χ2n) is 6.59. The molecule has 1 heterocycles. The van der Waals surface area contributed by atoms with E-state index in [0.29, 0.717) is 22.8 Å². The highest BCUT2D eigenvalue weighted by Gasteiger charge is 2.21. The Hall–Kier alpha value is -4.12. The summed E-state index contributed by atoms with van der Waals surface area (Å²) in [7, 11) is 1.57. The average Bonchev–Trinajstić information content (AvgIpc) is 2.80. The molecule has 5 heteroatoms. The SMILES string of the molecule is COc1ccc(NC(=O)c2c(-c3ccccc3)oc(-c3ccccc3)cc2=O)cc1. The van der Waals surface area contributed by atoms with Crippen LogP contribution >= 0.6 is 0 Å². The summed E-state index contributed by atoms with van der Waals surface area (Å²) in [4.78, 5) is 26.0. The summed E-state index contributed by atoms with van der Waals surface area (Å²) >= 11 is 0. The van der Waals surface area contributed by atoms with Gasteiger partial charge in [0.1, 0.15) is 17.1 Å². The smallest absolute Gasteiger partial charge is 0.263 e. The number of rotatable bonds is 5. The van der Waals surface area contributed by atoms with Crippen molar-refractivity contribution in [2.45, 2.75) is 0 Å². The largest absolute Gasteiger partial charge is 0.497 e. The maximum atomic E-state index is 13.0. The average molecular weight is 397 g/mol. The van der Waals surface area contributed by atoms with Gasteiger partial charge < -0.3 is 14.5 Å². The number of carbonyl (C=O) groups excluding carboxylic acids is 1. The number of hydrogen-bond acceptors (Lipinski definition) is 4. The minimum atomic E-state index is -0.535. The number of ether oxygens (including phenoxy) is 1. The lowest BCUT2D eigenvalue weighted by molar-refractivity contribution is 0.102. The monoisotopic (exact) mass is 397 g/mol. The van der Waals surface area contributed by atoms with Crippen molar-refractivity contribution < 1.29 is 13.9 Å². The van der Waals surface area contributed by atoms with E-state index in [9.17, 15) is 9.59 Å². The van der Waals surface area contributed by atoms with Gasteiger partial charge in [0.05, 0.1) is 7.11 Å². The van der Waals surface area contributed by atoms with Gasteiger partial charge in [0.2, 0.25) is 0 Å². The first kappa shape index (κ1) is 19.2. The zero-order chi connectivity index (χ0) is 20.9. The Kier molecular flexibility index (Phi) is 5.44. The summed E-state index contributed by atoms with van der Waals surface area (Å²) in [5.41, 5.74) is 1.49. The van der Waals surface area contributed by atoms with E-state index >= 15 is 0 Å². The lowest BCUT2D eigenvalue weighted by Crippen LogP contribution is -2.22. The molecule has 0 bridgehead atoms. The molecule has 0 fully saturated rings. The molecule has 0 aliphatic heterocycles. The molecule has 3 aromatic carbocycles. The van der Waals surface area contributed by atoms with E-state index in [1.54, 1.807) is 43.5 Å². The van der Waals surface area contributed by atoms with Crippen LogP contribution in [-0.4, -0.2) is 13.0 Å². The van der Waals surface area contributed by atoms with E-state index in [0.717, 1.165) is 5.56 Å². The molecule has 4 aromatic rings. The molecule has 148 valence electrons. The van der Waals surface area contributed by atoms with Gasteiger partial charge in [0.25, 0.3) is 5.91 Å². The van der Waals surface area contributed by atoms with Crippen molar-refractivity contribution in [1.29, 1.82) is 0 Å². The Morgan fingerprint density at radius 2 is 1.43 bits per heavy atom. The molecule has 0 aliphatic carbocycles. The van der Waals surface area contributed by atoms with Crippen molar-refractivity contribution in [1.82, 2.24) is 0 Å². The number of carbonyl (C=O) groups is 1. The third kappa shape index (κ3) is 4.00. The van der Waals surface area contributed by atoms with Gasteiger partial charge in [-0.15, -0.1) is 0 Å². The molecular formula is C25H19NO4. The molecule has 0 radical (unpaired) electrons. The van der Waals surface area contributed by atoms with Crippen LogP contribution in [0.25, 0.3) is 22.6 Å². The second kappa shape index (κ2) is 8.49. The quantitative estimate of drug-likeness (QED) is 0.500. The lowest BCUT2D eigenvalue weighted by atomic mass is 10.0. The Balaban J connectivity index is 1.79. The summed E-state index contributed by atoms with van der Waals surface area (Å²) in [6, 6.07) is 26.7. The predicted molar refractivity (Wildman–Crippen MR) is 117 cm³/mol. The van der Waals surface area contributed by atoms with Crippen LogP contribution in [0.15, 0.2) is 100 Å². The fourth-order valence-corrected chi connectivity index (χ4v) is 3.11. The van der Waals surface area contributed by atoms with Crippen LogP contribution < -0.4 is 15.5 Å². The van der Waals surface area contributed by atoms with Crippen LogP contribution in [0.1, 0.15) is 10.4 Å². The van der Waals surface area contributed by atoms with E-state index in [2.05, 4.69) is 5.32 Å². The van der Waals surface area contributed by atoms with Crippen molar-refractivity contribution in [3.63, 3.8) is 0 Å². The van der Waals surface area contributed by atoms with E-state index < -0.39 is 11.3 Å². The lowest BCUT2D eigenvalue weighted by Gasteiger charge is -2.11. The van der Waals surface area contributed by atoms with Crippen molar-refractivity contribution in [2.24, 2.45) is 0 Å². The molecule has 0 spiro atoms. The van der Waals surface area contributed by atoms with Gasteiger partial charge in [-0.1, -0.05) is 60.7 Å². The number of methoxy groups -OCH3 is 1. The first-order valence-electron chi connectivity index (χ1n) is 9.40. The summed E-state index contributed by atoms with van der Waals surface area (Å²) < 4.78 is 11.2. The summed E-state index contributed by atoms with van der Waals surface area (Å²) in [6.45, 7) is 0. The molecule has 0 atom stereocenters. The normalized spacial score (nSPS) is 10.4. The fourth-order valence-electron chi connectivity index (χ4n) is 3.11. The zero-order valence-electron chi connectivity index (χ0n) is 16.3. The summed E-state index contributed by atoms with van der Waals surface area (Å²) in [5, 5.41) is 2.77. The Morgan fingerprint density at radius 1 is 0.833 bits per heavy atom. The van der Waals surface area contributed by atoms with Crippen molar-refractivity contribution in [3.8, 4) is 28.4 Å². The molecule has 0 unspecified atom stereocenters. The Labute approximate surface area is 173 Å². The minimum absolute atomic E-state index is 0.0447. The third-order valence-corrected chi connectivity index (χ3v) is 4.62. The zero-order valence-corrected chi connectivity index (χ0v) is 16.3. The number of amides is 1. The van der Waals surface area contributed by atoms with Crippen LogP contribution in [0.3, 0.4) is 0 Å². The first-order valence-corrected chi connectivity index (χ1v) is 9.40. The van der Waals surface area contributed by atoms with Crippen LogP contribution in [0.4, 0.5) is 5.69 Å². The molecule has 4 rings (SSSR count). The van der Waals surface area contributed by atoms with Crippen LogP contribution in [0.5, 0.6) is 5.75 Å². The molecule has 1 N–H and O–H groups in total. The second-order valence-corrected chi connectivity index (χ2v) is 6.59. The standard InChI is InChI=1S/C25H19NO4/c1-29-20-14-12-19(13-15-20)26-25(28)23-21(27)16-22(17-8-4-2-5-9-17)30-24(23)18-10-6-3-7-11-18/h2-16H,1H3,(H,26,28). The van der Waals surface area contributed by atoms with Gasteiger partial charge in [-0.3, -0.25) is 9.59 Å². The molecule has 0 saturated carbocycles. The Morgan fingerprint density at radius 3 is 2.03 bits per heavy atom. The molecule has 1 amide bonds. The van der Waals surface area contributed by atoms with Gasteiger partial charge >= 0.3 is 0 Å². The van der Waals surface area contributed by atoms with E-state index in [1.165, 1.54) is 6.07 Å². The van der Waals surface area contributed by atoms with Crippen LogP contribution in [-0.2, 0) is 0 Å². The topological polar surface area (TPSA) is 68.5 Å². The van der Waals surface area contributed by atoms with Crippen molar-refractivity contribution in [3.05, 3.63) is 107 Å². The minimum Gasteiger partial charge on any atom is -0.497 e. The Bertz CT molecular complexity index is 1210. The molecular weight excluding hydrogens is 378 g/mol. The molecule has 0 aliphatic rings. The van der Waals surface area contributed by atoms with Gasteiger partial charge in [0.15, 0.2) is 11.2 Å². The van der Waals surface area contributed by atoms with Gasteiger partial charge in [-0.2, -0.15) is 0 Å². The van der Waals surface area contributed by atoms with E-state index in [1.807, 2.05) is 48.5 Å². The van der Waals surface area contributed by atoms with Crippen molar-refractivity contribution >= 4 is 11.6 Å². The fraction of sp³-hybridized carbons (Fsp3) is 0.0400. The number of anilines is 1. The third-order valence-electron chi connectivity index (χ3n) is 4.62. The van der Waals surface area contributed by atoms with E-state index in [4.69, 9.17) is 9.15 Å². The molecule has 5 nitrogen and oxygen atoms in total. The number of nitrogens with one attached hydrogen (secondary N) is 1. The summed E-state index contributed by atoms with van der Waals surface area (Å²) in [5.74, 6) is 0.769. The van der Waals surface area contributed by atoms with Gasteiger partial charge in [-0.05, 0) is 24.3 Å². The number of benzene rings is 3. The first-order chi connectivity index (χ1) is 14.7. The highest BCUT2D eigenvalue weighted by atomic mass is 16.5. The molecule has 1 aromatic heterocycles. The maximum absolute atomic E-state index is 13.0. The highest BCUT2D eigenvalue weighted by Crippen LogP contribution is 2.28. The predicted octanol–water partition coefficient (Wildman–Crippen LogP) is 5.23. The van der Waals surface area contributed by atoms with Crippen LogP contribution in [0.2, 0.25) is 0 Å². The maximum Gasteiger partial charge on any atom is 0.263 e.